The van der Waals surface area contributed by atoms with Gasteiger partial charge in [-0.2, -0.15) is 0 Å². The third-order valence-electron chi connectivity index (χ3n) is 3.71. The molecule has 3 heterocycles. The lowest BCUT2D eigenvalue weighted by atomic mass is 10.1. The van der Waals surface area contributed by atoms with E-state index in [0.717, 1.165) is 0 Å². The molecule has 1 aliphatic rings. The second-order valence-electron chi connectivity index (χ2n) is 5.62. The van der Waals surface area contributed by atoms with Crippen LogP contribution in [0.5, 0.6) is 5.88 Å². The maximum atomic E-state index is 13.5. The van der Waals surface area contributed by atoms with E-state index >= 15 is 0 Å². The molecule has 0 aromatic carbocycles. The summed E-state index contributed by atoms with van der Waals surface area (Å²) < 4.78 is 24.9. The van der Waals surface area contributed by atoms with E-state index in [4.69, 9.17) is 9.47 Å². The van der Waals surface area contributed by atoms with E-state index in [1.54, 1.807) is 6.92 Å². The van der Waals surface area contributed by atoms with Gasteiger partial charge < -0.3 is 19.8 Å². The van der Waals surface area contributed by atoms with E-state index < -0.39 is 11.9 Å². The summed E-state index contributed by atoms with van der Waals surface area (Å²) in [4.78, 5) is 27.6. The zero-order chi connectivity index (χ0) is 18.7. The molecule has 1 unspecified atom stereocenters. The molecule has 1 atom stereocenters. The number of allylic oxidation sites excluding steroid dienone is 1. The van der Waals surface area contributed by atoms with Crippen LogP contribution in [0.4, 0.5) is 4.39 Å². The fourth-order valence-corrected chi connectivity index (χ4v) is 2.54. The van der Waals surface area contributed by atoms with Crippen molar-refractivity contribution in [2.75, 3.05) is 13.2 Å². The smallest absolute Gasteiger partial charge is 0.255 e. The van der Waals surface area contributed by atoms with Crippen LogP contribution in [0.25, 0.3) is 11.2 Å². The van der Waals surface area contributed by atoms with Crippen LogP contribution in [-0.4, -0.2) is 46.8 Å². The molecular weight excluding hydrogens is 341 g/mol. The Morgan fingerprint density at radius 3 is 3.08 bits per heavy atom. The summed E-state index contributed by atoms with van der Waals surface area (Å²) in [5.74, 6) is -0.455. The lowest BCUT2D eigenvalue weighted by Gasteiger charge is -2.17. The molecule has 2 N–H and O–H groups in total. The highest BCUT2D eigenvalue weighted by Gasteiger charge is 2.20. The van der Waals surface area contributed by atoms with Crippen molar-refractivity contribution in [3.05, 3.63) is 41.3 Å². The first-order valence-electron chi connectivity index (χ1n) is 7.96. The standard InChI is InChI=1S/C17H18FN5O3/c1-9(18)6-11-10(2)26-13-8-22-15-14(23-13)12(7-21-15)16(24)20-4-5-25-17(11)19-3/h6-8,10H,3-5H2,1-2H3,(H,20,24)(H,21,22)/b9-6+,17-11-. The lowest BCUT2D eigenvalue weighted by molar-refractivity contribution is 0.0939. The van der Waals surface area contributed by atoms with Crippen LogP contribution in [0.15, 0.2) is 40.7 Å². The van der Waals surface area contributed by atoms with Crippen molar-refractivity contribution in [1.82, 2.24) is 20.3 Å². The summed E-state index contributed by atoms with van der Waals surface area (Å²) in [6.07, 6.45) is 3.58. The average Bonchev–Trinajstić information content (AvgIpc) is 3.02. The normalized spacial score (nSPS) is 21.9. The number of nitrogens with zero attached hydrogens (tertiary/aromatic N) is 3. The van der Waals surface area contributed by atoms with Crippen LogP contribution in [0.3, 0.4) is 0 Å². The molecule has 3 rings (SSSR count). The van der Waals surface area contributed by atoms with Crippen LogP contribution in [-0.2, 0) is 4.74 Å². The lowest BCUT2D eigenvalue weighted by Crippen LogP contribution is -2.27. The van der Waals surface area contributed by atoms with E-state index in [0.29, 0.717) is 22.3 Å². The highest BCUT2D eigenvalue weighted by Crippen LogP contribution is 2.23. The Bertz CT molecular complexity index is 914. The van der Waals surface area contributed by atoms with Crippen LogP contribution in [0.1, 0.15) is 24.2 Å². The molecule has 2 bridgehead atoms. The Balaban J connectivity index is 2.09. The summed E-state index contributed by atoms with van der Waals surface area (Å²) in [5, 5.41) is 2.72. The van der Waals surface area contributed by atoms with Crippen LogP contribution < -0.4 is 10.1 Å². The number of carbonyl (C=O) groups excluding carboxylic acids is 1. The van der Waals surface area contributed by atoms with Gasteiger partial charge >= 0.3 is 0 Å². The predicted octanol–water partition coefficient (Wildman–Crippen LogP) is 2.27. The number of aromatic nitrogens is 3. The van der Waals surface area contributed by atoms with Crippen molar-refractivity contribution < 1.29 is 18.7 Å². The first kappa shape index (κ1) is 17.6. The summed E-state index contributed by atoms with van der Waals surface area (Å²) in [7, 11) is 0. The van der Waals surface area contributed by atoms with Crippen molar-refractivity contribution in [2.24, 2.45) is 4.99 Å². The van der Waals surface area contributed by atoms with Gasteiger partial charge in [0.1, 0.15) is 18.2 Å². The van der Waals surface area contributed by atoms with E-state index in [1.807, 2.05) is 0 Å². The third-order valence-corrected chi connectivity index (χ3v) is 3.71. The maximum absolute atomic E-state index is 13.5. The number of rotatable bonds is 2. The number of carbonyl (C=O) groups is 1. The fourth-order valence-electron chi connectivity index (χ4n) is 2.54. The number of H-pyrrole nitrogens is 1. The molecule has 0 aliphatic carbocycles. The van der Waals surface area contributed by atoms with Gasteiger partial charge in [-0.1, -0.05) is 0 Å². The minimum atomic E-state index is -0.639. The highest BCUT2D eigenvalue weighted by atomic mass is 19.1. The number of hydrogen-bond donors (Lipinski definition) is 2. The topological polar surface area (TPSA) is 101 Å². The van der Waals surface area contributed by atoms with E-state index in [-0.39, 0.29) is 30.8 Å². The third kappa shape index (κ3) is 3.56. The SMILES string of the molecule is C=N/C1=C(\C=C(/C)F)C(C)Oc2cnc3[nH]cc(c3n2)C(=O)NCCO1. The quantitative estimate of drug-likeness (QED) is 0.801. The monoisotopic (exact) mass is 359 g/mol. The average molecular weight is 359 g/mol. The molecule has 1 amide bonds. The summed E-state index contributed by atoms with van der Waals surface area (Å²) in [5.41, 5.74) is 1.56. The number of ether oxygens (including phenoxy) is 2. The van der Waals surface area contributed by atoms with Gasteiger partial charge in [0.05, 0.1) is 29.7 Å². The first-order valence-corrected chi connectivity index (χ1v) is 7.96. The Morgan fingerprint density at radius 1 is 1.54 bits per heavy atom. The van der Waals surface area contributed by atoms with E-state index in [9.17, 15) is 9.18 Å². The largest absolute Gasteiger partial charge is 0.476 e. The number of aromatic amines is 1. The number of fused-ring (bicyclic) bond motifs is 1. The summed E-state index contributed by atoms with van der Waals surface area (Å²) in [6.45, 7) is 6.82. The van der Waals surface area contributed by atoms with Gasteiger partial charge in [-0.15, -0.1) is 0 Å². The van der Waals surface area contributed by atoms with Crippen molar-refractivity contribution in [2.45, 2.75) is 20.0 Å². The molecule has 0 radical (unpaired) electrons. The highest BCUT2D eigenvalue weighted by molar-refractivity contribution is 6.04. The number of amides is 1. The van der Waals surface area contributed by atoms with Gasteiger partial charge in [-0.05, 0) is 26.6 Å². The van der Waals surface area contributed by atoms with Crippen molar-refractivity contribution in [1.29, 1.82) is 0 Å². The first-order chi connectivity index (χ1) is 12.5. The molecule has 0 spiro atoms. The molecule has 0 saturated heterocycles. The zero-order valence-electron chi connectivity index (χ0n) is 14.4. The van der Waals surface area contributed by atoms with Gasteiger partial charge in [0.15, 0.2) is 5.65 Å². The van der Waals surface area contributed by atoms with Crippen LogP contribution >= 0.6 is 0 Å². The van der Waals surface area contributed by atoms with Gasteiger partial charge in [-0.25, -0.2) is 19.4 Å². The van der Waals surface area contributed by atoms with Crippen LogP contribution in [0, 0.1) is 0 Å². The molecule has 26 heavy (non-hydrogen) atoms. The van der Waals surface area contributed by atoms with Crippen molar-refractivity contribution in [3.63, 3.8) is 0 Å². The molecule has 8 nitrogen and oxygen atoms in total. The van der Waals surface area contributed by atoms with Crippen molar-refractivity contribution >= 4 is 23.8 Å². The Labute approximate surface area is 148 Å². The molecule has 2 aromatic heterocycles. The minimum absolute atomic E-state index is 0.123. The Hall–Kier alpha value is -3.23. The van der Waals surface area contributed by atoms with Crippen LogP contribution in [0.2, 0.25) is 0 Å². The Morgan fingerprint density at radius 2 is 2.35 bits per heavy atom. The molecule has 0 fully saturated rings. The number of nitrogens with one attached hydrogen (secondary N) is 2. The van der Waals surface area contributed by atoms with Crippen molar-refractivity contribution in [3.8, 4) is 5.88 Å². The van der Waals surface area contributed by atoms with Gasteiger partial charge in [-0.3, -0.25) is 4.79 Å². The summed E-state index contributed by atoms with van der Waals surface area (Å²) >= 11 is 0. The second-order valence-corrected chi connectivity index (χ2v) is 5.62. The maximum Gasteiger partial charge on any atom is 0.255 e. The minimum Gasteiger partial charge on any atom is -0.476 e. The number of aliphatic imine (C=N–C) groups is 1. The second kappa shape index (κ2) is 7.34. The number of halogens is 1. The molecule has 9 heteroatoms. The number of hydrogen-bond acceptors (Lipinski definition) is 6. The molecule has 2 aromatic rings. The molecule has 0 saturated carbocycles. The molecular formula is C17H18FN5O3. The molecule has 136 valence electrons. The van der Waals surface area contributed by atoms with Gasteiger partial charge in [0.2, 0.25) is 11.8 Å². The summed E-state index contributed by atoms with van der Waals surface area (Å²) in [6, 6.07) is 0. The molecule has 1 aliphatic heterocycles. The zero-order valence-corrected chi connectivity index (χ0v) is 14.4. The predicted molar refractivity (Wildman–Crippen MR) is 93.7 cm³/mol. The van der Waals surface area contributed by atoms with E-state index in [2.05, 4.69) is 32.0 Å². The Kier molecular flexibility index (Phi) is 4.97. The van der Waals surface area contributed by atoms with E-state index in [1.165, 1.54) is 25.4 Å². The van der Waals surface area contributed by atoms with Gasteiger partial charge in [0.25, 0.3) is 5.91 Å². The fraction of sp³-hybridized carbons (Fsp3) is 0.294. The van der Waals surface area contributed by atoms with Gasteiger partial charge in [0, 0.05) is 6.20 Å².